The number of pyridine rings is 1. The van der Waals surface area contributed by atoms with E-state index in [0.717, 1.165) is 11.3 Å². The van der Waals surface area contributed by atoms with Gasteiger partial charge in [-0.25, -0.2) is 0 Å². The van der Waals surface area contributed by atoms with Crippen LogP contribution in [0.1, 0.15) is 17.3 Å². The highest BCUT2D eigenvalue weighted by molar-refractivity contribution is 5.47. The van der Waals surface area contributed by atoms with Crippen molar-refractivity contribution in [2.75, 3.05) is 6.54 Å². The molecule has 0 aliphatic heterocycles. The standard InChI is InChI=1S/C9H13N3/c1-2-9-7(8(11)6-10)4-3-5-12-9/h2-5,8H,1,6,10-11H2. The quantitative estimate of drug-likeness (QED) is 0.688. The molecule has 0 amide bonds. The fourth-order valence-electron chi connectivity index (χ4n) is 1.04. The zero-order chi connectivity index (χ0) is 8.97. The van der Waals surface area contributed by atoms with E-state index < -0.39 is 0 Å². The van der Waals surface area contributed by atoms with Gasteiger partial charge in [0.1, 0.15) is 0 Å². The molecule has 1 aromatic rings. The Labute approximate surface area is 72.1 Å². The Kier molecular flexibility index (Phi) is 2.96. The topological polar surface area (TPSA) is 64.9 Å². The lowest BCUT2D eigenvalue weighted by Gasteiger charge is -2.10. The molecule has 1 heterocycles. The van der Waals surface area contributed by atoms with Gasteiger partial charge >= 0.3 is 0 Å². The summed E-state index contributed by atoms with van der Waals surface area (Å²) in [7, 11) is 0. The van der Waals surface area contributed by atoms with Gasteiger partial charge in [0.15, 0.2) is 0 Å². The van der Waals surface area contributed by atoms with Crippen molar-refractivity contribution in [2.24, 2.45) is 11.5 Å². The minimum Gasteiger partial charge on any atom is -0.329 e. The summed E-state index contributed by atoms with van der Waals surface area (Å²) in [4.78, 5) is 4.11. The first-order valence-electron chi connectivity index (χ1n) is 3.82. The fourth-order valence-corrected chi connectivity index (χ4v) is 1.04. The van der Waals surface area contributed by atoms with Crippen LogP contribution in [0.5, 0.6) is 0 Å². The van der Waals surface area contributed by atoms with Crippen LogP contribution in [0.25, 0.3) is 6.08 Å². The van der Waals surface area contributed by atoms with Gasteiger partial charge in [0, 0.05) is 18.8 Å². The lowest BCUT2D eigenvalue weighted by atomic mass is 10.1. The molecule has 0 saturated carbocycles. The predicted molar refractivity (Wildman–Crippen MR) is 50.3 cm³/mol. The van der Waals surface area contributed by atoms with Gasteiger partial charge in [-0.3, -0.25) is 4.98 Å². The van der Waals surface area contributed by atoms with Crippen LogP contribution in [0.2, 0.25) is 0 Å². The van der Waals surface area contributed by atoms with E-state index in [9.17, 15) is 0 Å². The number of hydrogen-bond donors (Lipinski definition) is 2. The minimum atomic E-state index is -0.147. The Hall–Kier alpha value is -1.19. The molecule has 0 fully saturated rings. The summed E-state index contributed by atoms with van der Waals surface area (Å²) < 4.78 is 0. The van der Waals surface area contributed by atoms with E-state index in [0.29, 0.717) is 6.54 Å². The van der Waals surface area contributed by atoms with E-state index in [1.54, 1.807) is 12.3 Å². The molecule has 0 radical (unpaired) electrons. The van der Waals surface area contributed by atoms with Gasteiger partial charge in [-0.15, -0.1) is 0 Å². The van der Waals surface area contributed by atoms with Crippen LogP contribution < -0.4 is 11.5 Å². The van der Waals surface area contributed by atoms with Crippen LogP contribution in [0.15, 0.2) is 24.9 Å². The largest absolute Gasteiger partial charge is 0.329 e. The summed E-state index contributed by atoms with van der Waals surface area (Å²) in [5, 5.41) is 0. The lowest BCUT2D eigenvalue weighted by Crippen LogP contribution is -2.21. The molecule has 0 bridgehead atoms. The first-order valence-corrected chi connectivity index (χ1v) is 3.82. The SMILES string of the molecule is C=Cc1ncccc1C(N)CN. The molecule has 0 aliphatic carbocycles. The molecule has 0 aromatic carbocycles. The van der Waals surface area contributed by atoms with Gasteiger partial charge in [0.25, 0.3) is 0 Å². The van der Waals surface area contributed by atoms with Crippen molar-refractivity contribution < 1.29 is 0 Å². The van der Waals surface area contributed by atoms with Crippen molar-refractivity contribution in [1.82, 2.24) is 4.98 Å². The molecule has 1 rings (SSSR count). The molecule has 3 heteroatoms. The summed E-state index contributed by atoms with van der Waals surface area (Å²) in [6, 6.07) is 3.62. The average Bonchev–Trinajstić information content (AvgIpc) is 2.16. The van der Waals surface area contributed by atoms with Crippen molar-refractivity contribution in [3.63, 3.8) is 0 Å². The Bertz CT molecular complexity index is 270. The predicted octanol–water partition coefficient (Wildman–Crippen LogP) is 0.683. The number of hydrogen-bond acceptors (Lipinski definition) is 3. The first kappa shape index (κ1) is 8.90. The van der Waals surface area contributed by atoms with Crippen molar-refractivity contribution in [1.29, 1.82) is 0 Å². The summed E-state index contributed by atoms with van der Waals surface area (Å²) in [5.74, 6) is 0. The second-order valence-electron chi connectivity index (χ2n) is 2.52. The van der Waals surface area contributed by atoms with E-state index in [2.05, 4.69) is 11.6 Å². The summed E-state index contributed by atoms with van der Waals surface area (Å²) in [5.41, 5.74) is 13.0. The second kappa shape index (κ2) is 3.99. The normalized spacial score (nSPS) is 12.5. The number of aromatic nitrogens is 1. The Morgan fingerprint density at radius 1 is 1.67 bits per heavy atom. The number of rotatable bonds is 3. The van der Waals surface area contributed by atoms with E-state index >= 15 is 0 Å². The highest BCUT2D eigenvalue weighted by Gasteiger charge is 2.06. The third kappa shape index (κ3) is 1.69. The first-order chi connectivity index (χ1) is 5.79. The third-order valence-corrected chi connectivity index (χ3v) is 1.72. The van der Waals surface area contributed by atoms with Gasteiger partial charge in [-0.05, 0) is 17.7 Å². The van der Waals surface area contributed by atoms with Gasteiger partial charge in [0.2, 0.25) is 0 Å². The third-order valence-electron chi connectivity index (χ3n) is 1.72. The number of nitrogens with zero attached hydrogens (tertiary/aromatic N) is 1. The summed E-state index contributed by atoms with van der Waals surface area (Å²) in [6.07, 6.45) is 3.40. The molecule has 1 atom stereocenters. The van der Waals surface area contributed by atoms with Crippen LogP contribution in [0.3, 0.4) is 0 Å². The van der Waals surface area contributed by atoms with Crippen LogP contribution in [0, 0.1) is 0 Å². The highest BCUT2D eigenvalue weighted by atomic mass is 14.7. The van der Waals surface area contributed by atoms with Crippen molar-refractivity contribution in [3.05, 3.63) is 36.2 Å². The summed E-state index contributed by atoms with van der Waals surface area (Å²) >= 11 is 0. The molecule has 64 valence electrons. The van der Waals surface area contributed by atoms with Gasteiger partial charge < -0.3 is 11.5 Å². The maximum Gasteiger partial charge on any atom is 0.0671 e. The maximum atomic E-state index is 5.76. The lowest BCUT2D eigenvalue weighted by molar-refractivity contribution is 0.731. The molecule has 0 saturated heterocycles. The van der Waals surface area contributed by atoms with Crippen LogP contribution >= 0.6 is 0 Å². The fraction of sp³-hybridized carbons (Fsp3) is 0.222. The maximum absolute atomic E-state index is 5.76. The van der Waals surface area contributed by atoms with Crippen molar-refractivity contribution >= 4 is 6.08 Å². The Morgan fingerprint density at radius 2 is 2.42 bits per heavy atom. The molecule has 3 nitrogen and oxygen atoms in total. The van der Waals surface area contributed by atoms with Crippen LogP contribution in [0.4, 0.5) is 0 Å². The van der Waals surface area contributed by atoms with E-state index in [1.807, 2.05) is 12.1 Å². The second-order valence-corrected chi connectivity index (χ2v) is 2.52. The van der Waals surface area contributed by atoms with E-state index in [1.165, 1.54) is 0 Å². The van der Waals surface area contributed by atoms with E-state index in [4.69, 9.17) is 11.5 Å². The molecule has 4 N–H and O–H groups in total. The monoisotopic (exact) mass is 163 g/mol. The molecule has 1 unspecified atom stereocenters. The number of nitrogens with two attached hydrogens (primary N) is 2. The van der Waals surface area contributed by atoms with E-state index in [-0.39, 0.29) is 6.04 Å². The zero-order valence-electron chi connectivity index (χ0n) is 6.90. The molecule has 12 heavy (non-hydrogen) atoms. The van der Waals surface area contributed by atoms with Crippen LogP contribution in [-0.2, 0) is 0 Å². The smallest absolute Gasteiger partial charge is 0.0671 e. The Morgan fingerprint density at radius 3 is 3.00 bits per heavy atom. The minimum absolute atomic E-state index is 0.147. The van der Waals surface area contributed by atoms with Crippen molar-refractivity contribution in [2.45, 2.75) is 6.04 Å². The molecule has 1 aromatic heterocycles. The highest BCUT2D eigenvalue weighted by Crippen LogP contribution is 2.13. The summed E-state index contributed by atoms with van der Waals surface area (Å²) in [6.45, 7) is 4.07. The van der Waals surface area contributed by atoms with Gasteiger partial charge in [0.05, 0.1) is 5.69 Å². The van der Waals surface area contributed by atoms with Gasteiger partial charge in [-0.1, -0.05) is 12.6 Å². The molecule has 0 spiro atoms. The van der Waals surface area contributed by atoms with Crippen LogP contribution in [-0.4, -0.2) is 11.5 Å². The van der Waals surface area contributed by atoms with Crippen molar-refractivity contribution in [3.8, 4) is 0 Å². The Balaban J connectivity index is 3.04. The molecular weight excluding hydrogens is 150 g/mol. The zero-order valence-corrected chi connectivity index (χ0v) is 6.90. The molecular formula is C9H13N3. The average molecular weight is 163 g/mol. The molecule has 0 aliphatic rings. The van der Waals surface area contributed by atoms with Gasteiger partial charge in [-0.2, -0.15) is 0 Å².